The zero-order valence-corrected chi connectivity index (χ0v) is 22.7. The number of nitriles is 1. The molecule has 1 saturated carbocycles. The van der Waals surface area contributed by atoms with Crippen LogP contribution in [0.4, 0.5) is 28.9 Å². The highest BCUT2D eigenvalue weighted by Crippen LogP contribution is 2.49. The summed E-state index contributed by atoms with van der Waals surface area (Å²) < 4.78 is 62.1. The minimum absolute atomic E-state index is 0.121. The molecule has 1 aliphatic carbocycles. The van der Waals surface area contributed by atoms with Crippen molar-refractivity contribution in [2.75, 3.05) is 49.2 Å². The Morgan fingerprint density at radius 3 is 2.61 bits per heavy atom. The van der Waals surface area contributed by atoms with E-state index in [1.54, 1.807) is 0 Å². The minimum Gasteiger partial charge on any atom is -0.379 e. The normalized spacial score (nSPS) is 18.9. The van der Waals surface area contributed by atoms with Crippen molar-refractivity contribution < 1.29 is 31.9 Å². The molecule has 2 aromatic rings. The summed E-state index contributed by atoms with van der Waals surface area (Å²) in [4.78, 5) is 34.6. The van der Waals surface area contributed by atoms with Crippen LogP contribution in [0.5, 0.6) is 0 Å². The number of alkyl halides is 3. The molecule has 1 spiro atoms. The molecule has 1 aromatic carbocycles. The van der Waals surface area contributed by atoms with Gasteiger partial charge in [-0.25, -0.2) is 9.37 Å². The molecule has 0 unspecified atom stereocenters. The van der Waals surface area contributed by atoms with Crippen molar-refractivity contribution in [2.45, 2.75) is 37.4 Å². The maximum Gasteiger partial charge on any atom is 0.419 e. The number of hydrogen-bond donors (Lipinski definition) is 1. The molecule has 2 amide bonds. The highest BCUT2D eigenvalue weighted by molar-refractivity contribution is 7.81. The summed E-state index contributed by atoms with van der Waals surface area (Å²) in [5, 5.41) is 11.6. The lowest BCUT2D eigenvalue weighted by Gasteiger charge is -2.43. The number of rotatable bonds is 7. The van der Waals surface area contributed by atoms with E-state index < -0.39 is 40.6 Å². The Hall–Kier alpha value is -3.67. The maximum atomic E-state index is 15.9. The fourth-order valence-corrected chi connectivity index (χ4v) is 5.82. The monoisotopic (exact) mass is 590 g/mol. The van der Waals surface area contributed by atoms with Gasteiger partial charge in [-0.15, -0.1) is 0 Å². The first-order valence-corrected chi connectivity index (χ1v) is 13.5. The maximum absolute atomic E-state index is 15.9. The molecular weight excluding hydrogens is 564 g/mol. The summed E-state index contributed by atoms with van der Waals surface area (Å²) in [6.07, 6.45) is -2.09. The number of aromatic nitrogens is 1. The molecule has 1 N–H and O–H groups in total. The van der Waals surface area contributed by atoms with Gasteiger partial charge in [-0.05, 0) is 62.6 Å². The second-order valence-corrected chi connectivity index (χ2v) is 10.4. The predicted molar refractivity (Wildman–Crippen MR) is 144 cm³/mol. The Bertz CT molecular complexity index is 1420. The van der Waals surface area contributed by atoms with Crippen molar-refractivity contribution in [2.24, 2.45) is 0 Å². The predicted octanol–water partition coefficient (Wildman–Crippen LogP) is 3.62. The van der Waals surface area contributed by atoms with E-state index in [-0.39, 0.29) is 34.9 Å². The summed E-state index contributed by atoms with van der Waals surface area (Å²) in [6, 6.07) is 6.21. The van der Waals surface area contributed by atoms with Crippen LogP contribution >= 0.6 is 12.2 Å². The van der Waals surface area contributed by atoms with E-state index in [1.165, 1.54) is 29.2 Å². The van der Waals surface area contributed by atoms with E-state index in [0.29, 0.717) is 38.7 Å². The van der Waals surface area contributed by atoms with Crippen LogP contribution in [0.3, 0.4) is 0 Å². The number of benzene rings is 1. The molecule has 0 atom stereocenters. The van der Waals surface area contributed by atoms with E-state index in [9.17, 15) is 22.8 Å². The van der Waals surface area contributed by atoms with Crippen LogP contribution < -0.4 is 15.1 Å². The summed E-state index contributed by atoms with van der Waals surface area (Å²) in [7, 11) is 0. The fraction of sp³-hybridized carbons (Fsp3) is 0.444. The number of anilines is 2. The van der Waals surface area contributed by atoms with Crippen LogP contribution in [0.25, 0.3) is 0 Å². The zero-order chi connectivity index (χ0) is 29.4. The second kappa shape index (κ2) is 11.3. The topological polar surface area (TPSA) is 102 Å². The number of nitrogens with one attached hydrogen (secondary N) is 1. The Morgan fingerprint density at radius 1 is 1.24 bits per heavy atom. The van der Waals surface area contributed by atoms with Gasteiger partial charge in [0, 0.05) is 19.6 Å². The van der Waals surface area contributed by atoms with Crippen LogP contribution in [0, 0.1) is 17.1 Å². The van der Waals surface area contributed by atoms with Gasteiger partial charge in [0.1, 0.15) is 11.6 Å². The Balaban J connectivity index is 1.40. The van der Waals surface area contributed by atoms with Gasteiger partial charge in [-0.3, -0.25) is 19.4 Å². The summed E-state index contributed by atoms with van der Waals surface area (Å²) in [5.74, 6) is -2.14. The summed E-state index contributed by atoms with van der Waals surface area (Å²) in [6.45, 7) is 4.03. The number of nitrogens with zero attached hydrogens (tertiary/aromatic N) is 5. The van der Waals surface area contributed by atoms with Crippen molar-refractivity contribution in [1.82, 2.24) is 15.2 Å². The SMILES string of the molecule is N#Cc1ncc(N2C(=O)C3(CCC3)N(c3cccc(C(=O)NCCCN4CCOCC4)c3F)C2=S)cc1C(F)(F)F. The van der Waals surface area contributed by atoms with E-state index in [1.807, 2.05) is 0 Å². The van der Waals surface area contributed by atoms with Crippen LogP contribution in [0.15, 0.2) is 30.5 Å². The van der Waals surface area contributed by atoms with Gasteiger partial charge in [-0.1, -0.05) is 6.07 Å². The molecule has 2 saturated heterocycles. The highest BCUT2D eigenvalue weighted by Gasteiger charge is 2.60. The molecule has 216 valence electrons. The largest absolute Gasteiger partial charge is 0.419 e. The Morgan fingerprint density at radius 2 is 1.98 bits per heavy atom. The molecule has 3 fully saturated rings. The lowest BCUT2D eigenvalue weighted by Crippen LogP contribution is -2.55. The van der Waals surface area contributed by atoms with Crippen molar-refractivity contribution in [3.8, 4) is 6.07 Å². The van der Waals surface area contributed by atoms with E-state index in [2.05, 4.69) is 15.2 Å². The quantitative estimate of drug-likeness (QED) is 0.297. The van der Waals surface area contributed by atoms with E-state index in [4.69, 9.17) is 22.2 Å². The smallest absolute Gasteiger partial charge is 0.379 e. The van der Waals surface area contributed by atoms with Crippen molar-refractivity contribution in [3.05, 3.63) is 53.1 Å². The number of morpholine rings is 1. The number of thiocarbonyl (C=S) groups is 1. The van der Waals surface area contributed by atoms with E-state index in [0.717, 1.165) is 30.7 Å². The fourth-order valence-electron chi connectivity index (χ4n) is 5.36. The first-order valence-electron chi connectivity index (χ1n) is 13.1. The van der Waals surface area contributed by atoms with Crippen LogP contribution in [-0.2, 0) is 15.7 Å². The Labute approximate surface area is 238 Å². The third kappa shape index (κ3) is 5.25. The minimum atomic E-state index is -4.90. The summed E-state index contributed by atoms with van der Waals surface area (Å²) >= 11 is 5.54. The van der Waals surface area contributed by atoms with Gasteiger partial charge < -0.3 is 15.0 Å². The van der Waals surface area contributed by atoms with Crippen LogP contribution in [-0.4, -0.2) is 71.7 Å². The van der Waals surface area contributed by atoms with Gasteiger partial charge in [0.05, 0.1) is 41.9 Å². The van der Waals surface area contributed by atoms with Crippen molar-refractivity contribution in [1.29, 1.82) is 5.26 Å². The average molecular weight is 591 g/mol. The van der Waals surface area contributed by atoms with Gasteiger partial charge in [-0.2, -0.15) is 18.4 Å². The lowest BCUT2D eigenvalue weighted by atomic mass is 9.75. The number of amides is 2. The molecule has 3 heterocycles. The van der Waals surface area contributed by atoms with Crippen molar-refractivity contribution in [3.63, 3.8) is 0 Å². The standard InChI is InChI=1S/C27H26F4N6O3S/c28-22-18(23(38)33-8-3-9-35-10-12-40-13-11-35)4-1-5-21(22)37-25(41)36(24(39)26(37)6-2-7-26)17-14-19(27(29,30)31)20(15-32)34-16-17/h1,4-5,14,16H,2-3,6-13H2,(H,33,38). The van der Waals surface area contributed by atoms with Crippen LogP contribution in [0.1, 0.15) is 47.3 Å². The van der Waals surface area contributed by atoms with Crippen molar-refractivity contribution >= 4 is 40.5 Å². The molecule has 5 rings (SSSR count). The lowest BCUT2D eigenvalue weighted by molar-refractivity contribution is -0.138. The number of halogens is 4. The van der Waals surface area contributed by atoms with Gasteiger partial charge >= 0.3 is 6.18 Å². The Kier molecular flexibility index (Phi) is 7.95. The molecule has 41 heavy (non-hydrogen) atoms. The molecule has 0 radical (unpaired) electrons. The first kappa shape index (κ1) is 28.8. The molecule has 0 bridgehead atoms. The summed E-state index contributed by atoms with van der Waals surface area (Å²) in [5.41, 5.74) is -4.11. The number of pyridine rings is 1. The first-order chi connectivity index (χ1) is 19.6. The molecular formula is C27H26F4N6O3S. The van der Waals surface area contributed by atoms with Gasteiger partial charge in [0.25, 0.3) is 11.8 Å². The molecule has 1 aromatic heterocycles. The van der Waals surface area contributed by atoms with Crippen LogP contribution in [0.2, 0.25) is 0 Å². The number of carbonyl (C=O) groups is 2. The number of carbonyl (C=O) groups excluding carboxylic acids is 2. The third-order valence-corrected chi connectivity index (χ3v) is 8.00. The van der Waals surface area contributed by atoms with E-state index >= 15 is 4.39 Å². The molecule has 3 aliphatic rings. The number of ether oxygens (including phenoxy) is 1. The second-order valence-electron chi connectivity index (χ2n) is 10.0. The van der Waals surface area contributed by atoms with Gasteiger partial charge in [0.15, 0.2) is 16.6 Å². The molecule has 14 heteroatoms. The highest BCUT2D eigenvalue weighted by atomic mass is 32.1. The number of hydrogen-bond acceptors (Lipinski definition) is 7. The third-order valence-electron chi connectivity index (χ3n) is 7.64. The average Bonchev–Trinajstić information content (AvgIpc) is 3.17. The zero-order valence-electron chi connectivity index (χ0n) is 21.8. The van der Waals surface area contributed by atoms with Gasteiger partial charge in [0.2, 0.25) is 0 Å². The molecule has 2 aliphatic heterocycles. The molecule has 9 nitrogen and oxygen atoms in total.